The number of hydrogen-bond donors (Lipinski definition) is 0. The van der Waals surface area contributed by atoms with E-state index in [9.17, 15) is 9.59 Å². The smallest absolute Gasteiger partial charge is 0.410 e. The Hall–Kier alpha value is -1.91. The highest BCUT2D eigenvalue weighted by molar-refractivity contribution is 5.81. The number of Topliss-reactive ketones (excluding diaryl/α,β-unsaturated/α-hetero) is 1. The number of nitrogens with zero attached hydrogens (tertiary/aromatic N) is 2. The molecule has 1 aliphatic heterocycles. The van der Waals surface area contributed by atoms with Gasteiger partial charge in [0.15, 0.2) is 0 Å². The molecule has 0 aromatic carbocycles. The average molecular weight is 234 g/mol. The molecule has 1 aromatic heterocycles. The molecule has 1 saturated heterocycles. The summed E-state index contributed by atoms with van der Waals surface area (Å²) in [5.41, 5.74) is 0.855. The first-order valence-electron chi connectivity index (χ1n) is 5.58. The number of amides is 1. The van der Waals surface area contributed by atoms with Crippen molar-refractivity contribution in [3.63, 3.8) is 0 Å². The van der Waals surface area contributed by atoms with E-state index in [1.165, 1.54) is 0 Å². The molecule has 0 unspecified atom stereocenters. The third-order valence-electron chi connectivity index (χ3n) is 2.66. The fourth-order valence-corrected chi connectivity index (χ4v) is 1.66. The van der Waals surface area contributed by atoms with Crippen LogP contribution >= 0.6 is 0 Å². The number of likely N-dealkylation sites (tertiary alicyclic amines) is 1. The van der Waals surface area contributed by atoms with Gasteiger partial charge in [0.25, 0.3) is 0 Å². The summed E-state index contributed by atoms with van der Waals surface area (Å²) in [5.74, 6) is 0.210. The van der Waals surface area contributed by atoms with Crippen LogP contribution in [-0.2, 0) is 16.1 Å². The number of piperidine rings is 1. The maximum absolute atomic E-state index is 11.7. The van der Waals surface area contributed by atoms with Gasteiger partial charge in [0.05, 0.1) is 0 Å². The summed E-state index contributed by atoms with van der Waals surface area (Å²) in [5, 5.41) is 0. The largest absolute Gasteiger partial charge is 0.444 e. The Morgan fingerprint density at radius 3 is 2.82 bits per heavy atom. The van der Waals surface area contributed by atoms with Gasteiger partial charge in [-0.05, 0) is 6.07 Å². The Balaban J connectivity index is 1.80. The summed E-state index contributed by atoms with van der Waals surface area (Å²) in [6.07, 6.45) is 3.83. The quantitative estimate of drug-likeness (QED) is 0.775. The van der Waals surface area contributed by atoms with E-state index >= 15 is 0 Å². The van der Waals surface area contributed by atoms with Crippen molar-refractivity contribution in [3.8, 4) is 0 Å². The van der Waals surface area contributed by atoms with Crippen LogP contribution in [0.25, 0.3) is 0 Å². The Labute approximate surface area is 99.4 Å². The molecule has 5 heteroatoms. The number of carbonyl (C=O) groups excluding carboxylic acids is 2. The van der Waals surface area contributed by atoms with E-state index in [0.717, 1.165) is 5.56 Å². The Morgan fingerprint density at radius 1 is 1.41 bits per heavy atom. The normalized spacial score (nSPS) is 15.8. The first kappa shape index (κ1) is 11.6. The van der Waals surface area contributed by atoms with Gasteiger partial charge in [-0.15, -0.1) is 0 Å². The number of carbonyl (C=O) groups is 2. The number of pyridine rings is 1. The topological polar surface area (TPSA) is 59.5 Å². The number of ether oxygens (including phenoxy) is 1. The molecule has 0 atom stereocenters. The monoisotopic (exact) mass is 234 g/mol. The first-order valence-corrected chi connectivity index (χ1v) is 5.58. The Bertz CT molecular complexity index is 395. The lowest BCUT2D eigenvalue weighted by Crippen LogP contribution is -2.38. The third-order valence-corrected chi connectivity index (χ3v) is 2.66. The SMILES string of the molecule is O=C1CCN(C(=O)OCc2cccnc2)CC1. The molecule has 0 spiro atoms. The average Bonchev–Trinajstić information content (AvgIpc) is 2.38. The van der Waals surface area contributed by atoms with Crippen molar-refractivity contribution in [1.82, 2.24) is 9.88 Å². The zero-order valence-corrected chi connectivity index (χ0v) is 9.46. The second-order valence-electron chi connectivity index (χ2n) is 3.94. The molecule has 1 amide bonds. The lowest BCUT2D eigenvalue weighted by atomic mass is 10.1. The fourth-order valence-electron chi connectivity index (χ4n) is 1.66. The van der Waals surface area contributed by atoms with Gasteiger partial charge in [0, 0.05) is 43.9 Å². The maximum Gasteiger partial charge on any atom is 0.410 e. The molecule has 2 heterocycles. The van der Waals surface area contributed by atoms with Crippen LogP contribution in [0.2, 0.25) is 0 Å². The molecule has 0 bridgehead atoms. The van der Waals surface area contributed by atoms with Gasteiger partial charge in [-0.3, -0.25) is 9.78 Å². The molecule has 5 nitrogen and oxygen atoms in total. The van der Waals surface area contributed by atoms with Gasteiger partial charge in [-0.25, -0.2) is 4.79 Å². The van der Waals surface area contributed by atoms with Gasteiger partial charge >= 0.3 is 6.09 Å². The van der Waals surface area contributed by atoms with E-state index in [1.54, 1.807) is 23.4 Å². The van der Waals surface area contributed by atoms with Crippen LogP contribution in [0.15, 0.2) is 24.5 Å². The Kier molecular flexibility index (Phi) is 3.69. The van der Waals surface area contributed by atoms with Crippen LogP contribution in [0.4, 0.5) is 4.79 Å². The van der Waals surface area contributed by atoms with Crippen molar-refractivity contribution in [2.75, 3.05) is 13.1 Å². The third kappa shape index (κ3) is 3.27. The Morgan fingerprint density at radius 2 is 2.18 bits per heavy atom. The van der Waals surface area contributed by atoms with E-state index in [-0.39, 0.29) is 18.5 Å². The molecule has 0 aliphatic carbocycles. The molecule has 0 N–H and O–H groups in total. The van der Waals surface area contributed by atoms with Gasteiger partial charge < -0.3 is 9.64 Å². The second kappa shape index (κ2) is 5.43. The van der Waals surface area contributed by atoms with Crippen LogP contribution < -0.4 is 0 Å². The van der Waals surface area contributed by atoms with E-state index in [4.69, 9.17) is 4.74 Å². The minimum Gasteiger partial charge on any atom is -0.444 e. The zero-order chi connectivity index (χ0) is 12.1. The maximum atomic E-state index is 11.7. The summed E-state index contributed by atoms with van der Waals surface area (Å²) >= 11 is 0. The molecule has 0 radical (unpaired) electrons. The lowest BCUT2D eigenvalue weighted by Gasteiger charge is -2.25. The van der Waals surface area contributed by atoms with Crippen molar-refractivity contribution in [3.05, 3.63) is 30.1 Å². The number of rotatable bonds is 2. The second-order valence-corrected chi connectivity index (χ2v) is 3.94. The molecule has 1 aromatic rings. The molecular weight excluding hydrogens is 220 g/mol. The molecular formula is C12H14N2O3. The predicted octanol–water partition coefficient (Wildman–Crippen LogP) is 1.38. The highest BCUT2D eigenvalue weighted by Crippen LogP contribution is 2.08. The molecule has 0 saturated carbocycles. The molecule has 17 heavy (non-hydrogen) atoms. The highest BCUT2D eigenvalue weighted by atomic mass is 16.6. The number of aromatic nitrogens is 1. The molecule has 2 rings (SSSR count). The van der Waals surface area contributed by atoms with Crippen molar-refractivity contribution in [1.29, 1.82) is 0 Å². The predicted molar refractivity (Wildman–Crippen MR) is 60.2 cm³/mol. The summed E-state index contributed by atoms with van der Waals surface area (Å²) in [7, 11) is 0. The van der Waals surface area contributed by atoms with E-state index in [0.29, 0.717) is 25.9 Å². The summed E-state index contributed by atoms with van der Waals surface area (Å²) < 4.78 is 5.14. The van der Waals surface area contributed by atoms with Crippen molar-refractivity contribution in [2.45, 2.75) is 19.4 Å². The van der Waals surface area contributed by atoms with Crippen LogP contribution in [0, 0.1) is 0 Å². The first-order chi connectivity index (χ1) is 8.25. The van der Waals surface area contributed by atoms with Gasteiger partial charge in [0.1, 0.15) is 12.4 Å². The summed E-state index contributed by atoms with van der Waals surface area (Å²) in [6, 6.07) is 3.64. The number of ketones is 1. The summed E-state index contributed by atoms with van der Waals surface area (Å²) in [6.45, 7) is 1.15. The van der Waals surface area contributed by atoms with Crippen molar-refractivity contribution < 1.29 is 14.3 Å². The van der Waals surface area contributed by atoms with Crippen LogP contribution in [0.3, 0.4) is 0 Å². The molecule has 90 valence electrons. The van der Waals surface area contributed by atoms with Crippen molar-refractivity contribution >= 4 is 11.9 Å². The fraction of sp³-hybridized carbons (Fsp3) is 0.417. The van der Waals surface area contributed by atoms with Crippen LogP contribution in [0.1, 0.15) is 18.4 Å². The van der Waals surface area contributed by atoms with Crippen molar-refractivity contribution in [2.24, 2.45) is 0 Å². The molecule has 1 aliphatic rings. The minimum absolute atomic E-state index is 0.210. The highest BCUT2D eigenvalue weighted by Gasteiger charge is 2.21. The molecule has 1 fully saturated rings. The van der Waals surface area contributed by atoms with Gasteiger partial charge in [-0.1, -0.05) is 6.07 Å². The summed E-state index contributed by atoms with van der Waals surface area (Å²) in [4.78, 5) is 28.2. The van der Waals surface area contributed by atoms with Crippen LogP contribution in [-0.4, -0.2) is 34.8 Å². The van der Waals surface area contributed by atoms with Crippen LogP contribution in [0.5, 0.6) is 0 Å². The van der Waals surface area contributed by atoms with E-state index in [1.807, 2.05) is 6.07 Å². The van der Waals surface area contributed by atoms with Gasteiger partial charge in [-0.2, -0.15) is 0 Å². The van der Waals surface area contributed by atoms with E-state index < -0.39 is 0 Å². The lowest BCUT2D eigenvalue weighted by molar-refractivity contribution is -0.121. The zero-order valence-electron chi connectivity index (χ0n) is 9.46. The van der Waals surface area contributed by atoms with Gasteiger partial charge in [0.2, 0.25) is 0 Å². The minimum atomic E-state index is -0.360. The standard InChI is InChI=1S/C12H14N2O3/c15-11-3-6-14(7-4-11)12(16)17-9-10-2-1-5-13-8-10/h1-2,5,8H,3-4,6-7,9H2. The van der Waals surface area contributed by atoms with E-state index in [2.05, 4.69) is 4.98 Å². The number of hydrogen-bond acceptors (Lipinski definition) is 4.